The van der Waals surface area contributed by atoms with E-state index in [1.54, 1.807) is 12.1 Å². The minimum absolute atomic E-state index is 0.141. The second-order valence-electron chi connectivity index (χ2n) is 7.57. The Morgan fingerprint density at radius 2 is 1.74 bits per heavy atom. The van der Waals surface area contributed by atoms with E-state index in [1.165, 1.54) is 18.3 Å². The Bertz CT molecular complexity index is 1180. The molecule has 1 saturated heterocycles. The molecule has 1 aliphatic rings. The molecule has 0 bridgehead atoms. The summed E-state index contributed by atoms with van der Waals surface area (Å²) in [5.74, 6) is -1.88. The number of anilines is 4. The maximum Gasteiger partial charge on any atom is 0.573 e. The van der Waals surface area contributed by atoms with Gasteiger partial charge >= 0.3 is 30.1 Å². The summed E-state index contributed by atoms with van der Waals surface area (Å²) in [6, 6.07) is 8.03. The third-order valence-corrected chi connectivity index (χ3v) is 5.13. The zero-order valence-electron chi connectivity index (χ0n) is 18.0. The maximum atomic E-state index is 12.4. The van der Waals surface area contributed by atoms with Crippen LogP contribution in [0.1, 0.15) is 23.5 Å². The molecule has 3 heterocycles. The normalized spacial score (nSPS) is 14.4. The summed E-state index contributed by atoms with van der Waals surface area (Å²) in [7, 11) is 0. The van der Waals surface area contributed by atoms with Crippen LogP contribution in [0.4, 0.5) is 36.4 Å². The van der Waals surface area contributed by atoms with Gasteiger partial charge in [0.2, 0.25) is 0 Å². The van der Waals surface area contributed by atoms with Crippen LogP contribution in [0, 0.1) is 5.92 Å². The Hall–Kier alpha value is -4.36. The average Bonchev–Trinajstić information content (AvgIpc) is 3.29. The predicted octanol–water partition coefficient (Wildman–Crippen LogP) is 3.66. The average molecular weight is 492 g/mol. The van der Waals surface area contributed by atoms with Gasteiger partial charge in [-0.25, -0.2) is 4.98 Å². The van der Waals surface area contributed by atoms with Crippen molar-refractivity contribution in [2.75, 3.05) is 28.6 Å². The molecule has 11 nitrogen and oxygen atoms in total. The summed E-state index contributed by atoms with van der Waals surface area (Å²) < 4.78 is 45.7. The summed E-state index contributed by atoms with van der Waals surface area (Å²) in [4.78, 5) is 29.8. The number of pyridine rings is 1. The number of alkyl halides is 3. The van der Waals surface area contributed by atoms with Gasteiger partial charge in [0, 0.05) is 18.8 Å². The molecule has 0 radical (unpaired) electrons. The molecule has 1 fully saturated rings. The molecule has 1 aromatic carbocycles. The number of ether oxygens (including phenoxy) is 1. The van der Waals surface area contributed by atoms with Gasteiger partial charge < -0.3 is 29.8 Å². The molecule has 0 saturated carbocycles. The fraction of sp³-hybridized carbons (Fsp3) is 0.286. The van der Waals surface area contributed by atoms with E-state index < -0.39 is 24.0 Å². The van der Waals surface area contributed by atoms with Crippen LogP contribution in [-0.2, 0) is 4.79 Å². The number of piperidine rings is 1. The summed E-state index contributed by atoms with van der Waals surface area (Å²) in [6.07, 6.45) is -2.27. The van der Waals surface area contributed by atoms with Gasteiger partial charge in [-0.15, -0.1) is 18.3 Å². The van der Waals surface area contributed by atoms with Crippen molar-refractivity contribution in [2.24, 2.45) is 5.92 Å². The Labute approximate surface area is 195 Å². The van der Waals surface area contributed by atoms with Crippen LogP contribution in [-0.4, -0.2) is 51.6 Å². The fourth-order valence-corrected chi connectivity index (χ4v) is 3.42. The molecule has 0 unspecified atom stereocenters. The highest BCUT2D eigenvalue weighted by Crippen LogP contribution is 2.26. The van der Waals surface area contributed by atoms with Crippen LogP contribution in [0.5, 0.6) is 5.75 Å². The topological polar surface area (TPSA) is 143 Å². The lowest BCUT2D eigenvalue weighted by Crippen LogP contribution is -2.36. The molecule has 4 rings (SSSR count). The van der Waals surface area contributed by atoms with Gasteiger partial charge in [-0.3, -0.25) is 9.59 Å². The van der Waals surface area contributed by atoms with E-state index in [1.807, 2.05) is 4.90 Å². The monoisotopic (exact) mass is 492 g/mol. The van der Waals surface area contributed by atoms with E-state index in [-0.39, 0.29) is 17.8 Å². The first kappa shape index (κ1) is 23.8. The molecular formula is C21H19F3N6O5. The Balaban J connectivity index is 1.31. The Morgan fingerprint density at radius 3 is 2.34 bits per heavy atom. The highest BCUT2D eigenvalue weighted by atomic mass is 19.4. The summed E-state index contributed by atoms with van der Waals surface area (Å²) in [5, 5.41) is 21.7. The van der Waals surface area contributed by atoms with E-state index in [4.69, 9.17) is 9.52 Å². The smallest absolute Gasteiger partial charge is 0.481 e. The number of nitrogens with zero attached hydrogens (tertiary/aromatic N) is 4. The number of aromatic nitrogens is 3. The van der Waals surface area contributed by atoms with E-state index in [2.05, 4.69) is 30.6 Å². The van der Waals surface area contributed by atoms with Crippen LogP contribution < -0.4 is 20.3 Å². The Morgan fingerprint density at radius 1 is 1.06 bits per heavy atom. The first-order valence-electron chi connectivity index (χ1n) is 10.4. The van der Waals surface area contributed by atoms with Crippen molar-refractivity contribution in [3.8, 4) is 5.75 Å². The minimum atomic E-state index is -4.79. The summed E-state index contributed by atoms with van der Waals surface area (Å²) >= 11 is 0. The van der Waals surface area contributed by atoms with Crippen molar-refractivity contribution in [3.05, 3.63) is 48.5 Å². The standard InChI is InChI=1S/C21H19F3N6O5/c22-21(23,24)35-15-4-1-13(2-5-15)27-20-29-28-18(34-20)17(31)26-14-3-6-16(25-11-14)30-9-7-12(8-10-30)19(32)33/h1-6,11-12H,7-10H2,(H,26,31)(H,27,29)(H,32,33). The Kier molecular flexibility index (Phi) is 6.71. The number of hydrogen-bond acceptors (Lipinski definition) is 9. The van der Waals surface area contributed by atoms with E-state index in [9.17, 15) is 22.8 Å². The minimum Gasteiger partial charge on any atom is -0.481 e. The molecule has 3 aromatic rings. The lowest BCUT2D eigenvalue weighted by molar-refractivity contribution is -0.274. The number of halogens is 3. The molecule has 0 spiro atoms. The van der Waals surface area contributed by atoms with Crippen LogP contribution in [0.25, 0.3) is 0 Å². The lowest BCUT2D eigenvalue weighted by Gasteiger charge is -2.31. The fourth-order valence-electron chi connectivity index (χ4n) is 3.42. The number of benzene rings is 1. The third-order valence-electron chi connectivity index (χ3n) is 5.13. The molecule has 0 aliphatic carbocycles. The lowest BCUT2D eigenvalue weighted by atomic mass is 9.97. The van der Waals surface area contributed by atoms with Gasteiger partial charge in [-0.1, -0.05) is 5.10 Å². The van der Waals surface area contributed by atoms with Gasteiger partial charge in [-0.2, -0.15) is 0 Å². The number of aliphatic carboxylic acids is 1. The highest BCUT2D eigenvalue weighted by molar-refractivity contribution is 6.00. The molecule has 14 heteroatoms. The zero-order chi connectivity index (χ0) is 25.0. The van der Waals surface area contributed by atoms with E-state index >= 15 is 0 Å². The van der Waals surface area contributed by atoms with Crippen molar-refractivity contribution in [2.45, 2.75) is 19.2 Å². The molecule has 0 atom stereocenters. The first-order chi connectivity index (χ1) is 16.7. The van der Waals surface area contributed by atoms with Gasteiger partial charge in [0.25, 0.3) is 0 Å². The molecule has 2 aromatic heterocycles. The van der Waals surface area contributed by atoms with E-state index in [0.29, 0.717) is 43.1 Å². The van der Waals surface area contributed by atoms with Crippen molar-refractivity contribution in [1.82, 2.24) is 15.2 Å². The van der Waals surface area contributed by atoms with Gasteiger partial charge in [0.1, 0.15) is 11.6 Å². The van der Waals surface area contributed by atoms with Crippen molar-refractivity contribution in [3.63, 3.8) is 0 Å². The molecular weight excluding hydrogens is 473 g/mol. The van der Waals surface area contributed by atoms with Crippen molar-refractivity contribution >= 4 is 35.1 Å². The maximum absolute atomic E-state index is 12.4. The highest BCUT2D eigenvalue weighted by Gasteiger charge is 2.31. The predicted molar refractivity (Wildman–Crippen MR) is 115 cm³/mol. The quantitative estimate of drug-likeness (QED) is 0.447. The zero-order valence-corrected chi connectivity index (χ0v) is 18.0. The number of carboxylic acids is 1. The number of rotatable bonds is 7. The van der Waals surface area contributed by atoms with Gasteiger partial charge in [0.05, 0.1) is 17.8 Å². The number of carbonyl (C=O) groups is 2. The number of amides is 1. The largest absolute Gasteiger partial charge is 0.573 e. The summed E-state index contributed by atoms with van der Waals surface area (Å²) in [5.41, 5.74) is 0.717. The SMILES string of the molecule is O=C(Nc1ccc(N2CCC(C(=O)O)CC2)nc1)c1nnc(Nc2ccc(OC(F)(F)F)cc2)o1. The molecule has 3 N–H and O–H groups in total. The molecule has 1 aliphatic heterocycles. The van der Waals surface area contributed by atoms with E-state index in [0.717, 1.165) is 12.1 Å². The van der Waals surface area contributed by atoms with Crippen LogP contribution >= 0.6 is 0 Å². The van der Waals surface area contributed by atoms with Gasteiger partial charge in [0.15, 0.2) is 0 Å². The van der Waals surface area contributed by atoms with Crippen LogP contribution in [0.2, 0.25) is 0 Å². The molecule has 35 heavy (non-hydrogen) atoms. The number of hydrogen-bond donors (Lipinski definition) is 3. The number of nitrogens with one attached hydrogen (secondary N) is 2. The molecule has 1 amide bonds. The number of carbonyl (C=O) groups excluding carboxylic acids is 1. The van der Waals surface area contributed by atoms with Crippen molar-refractivity contribution < 1.29 is 37.0 Å². The third kappa shape index (κ3) is 6.37. The second kappa shape index (κ2) is 9.87. The van der Waals surface area contributed by atoms with Crippen LogP contribution in [0.15, 0.2) is 47.0 Å². The molecule has 184 valence electrons. The number of carboxylic acid groups (broad SMARTS) is 1. The van der Waals surface area contributed by atoms with Gasteiger partial charge in [-0.05, 0) is 49.2 Å². The second-order valence-corrected chi connectivity index (χ2v) is 7.57. The first-order valence-corrected chi connectivity index (χ1v) is 10.4. The summed E-state index contributed by atoms with van der Waals surface area (Å²) in [6.45, 7) is 1.15. The van der Waals surface area contributed by atoms with Crippen molar-refractivity contribution in [1.29, 1.82) is 0 Å². The van der Waals surface area contributed by atoms with Crippen LogP contribution in [0.3, 0.4) is 0 Å².